The van der Waals surface area contributed by atoms with E-state index >= 15 is 0 Å². The predicted octanol–water partition coefficient (Wildman–Crippen LogP) is 2.10. The molecular formula is C17H21N3O2. The van der Waals surface area contributed by atoms with E-state index in [9.17, 15) is 9.90 Å². The Morgan fingerprint density at radius 1 is 1.36 bits per heavy atom. The number of fused-ring (bicyclic) bond motifs is 2. The minimum atomic E-state index is -0.537. The zero-order valence-electron chi connectivity index (χ0n) is 12.6. The van der Waals surface area contributed by atoms with Crippen LogP contribution < -0.4 is 0 Å². The molecule has 1 saturated heterocycles. The van der Waals surface area contributed by atoms with E-state index < -0.39 is 5.60 Å². The Morgan fingerprint density at radius 3 is 3.18 bits per heavy atom. The molecule has 2 atom stereocenters. The van der Waals surface area contributed by atoms with E-state index in [1.165, 1.54) is 0 Å². The lowest BCUT2D eigenvalue weighted by Gasteiger charge is -2.47. The van der Waals surface area contributed by atoms with Gasteiger partial charge < -0.3 is 14.4 Å². The van der Waals surface area contributed by atoms with Gasteiger partial charge >= 0.3 is 0 Å². The lowest BCUT2D eigenvalue weighted by atomic mass is 9.71. The highest BCUT2D eigenvalue weighted by atomic mass is 16.3. The van der Waals surface area contributed by atoms with Gasteiger partial charge in [-0.3, -0.25) is 4.79 Å². The van der Waals surface area contributed by atoms with E-state index in [1.54, 1.807) is 12.5 Å². The molecule has 2 aromatic rings. The van der Waals surface area contributed by atoms with Crippen LogP contribution in [0.15, 0.2) is 30.9 Å². The van der Waals surface area contributed by atoms with Crippen molar-refractivity contribution in [2.45, 2.75) is 37.7 Å². The first-order valence-electron chi connectivity index (χ1n) is 8.09. The van der Waals surface area contributed by atoms with E-state index in [2.05, 4.69) is 4.98 Å². The normalized spacial score (nSPS) is 28.6. The van der Waals surface area contributed by atoms with Crippen molar-refractivity contribution in [3.8, 4) is 0 Å². The van der Waals surface area contributed by atoms with Crippen LogP contribution in [0.1, 0.15) is 42.5 Å². The van der Waals surface area contributed by atoms with Crippen LogP contribution in [0, 0.1) is 5.92 Å². The first kappa shape index (κ1) is 13.8. The number of hydrogen-bond acceptors (Lipinski definition) is 3. The molecule has 0 aromatic carbocycles. The van der Waals surface area contributed by atoms with E-state index in [0.717, 1.165) is 31.2 Å². The molecule has 1 aliphatic heterocycles. The standard InChI is InChI=1S/C17H21N3O2/c21-16(13-4-7-20-12-18-10-15(20)9-13)19-8-6-17(22)5-2-1-3-14(17)11-19/h4,7,9-10,12,14,22H,1-3,5-6,8,11H2. The second-order valence-electron chi connectivity index (χ2n) is 6.69. The lowest BCUT2D eigenvalue weighted by Crippen LogP contribution is -2.54. The molecule has 2 fully saturated rings. The van der Waals surface area contributed by atoms with Crippen molar-refractivity contribution in [3.05, 3.63) is 36.4 Å². The van der Waals surface area contributed by atoms with Crippen LogP contribution in [-0.2, 0) is 0 Å². The van der Waals surface area contributed by atoms with Gasteiger partial charge in [-0.2, -0.15) is 0 Å². The molecule has 1 N–H and O–H groups in total. The minimum absolute atomic E-state index is 0.0660. The number of pyridine rings is 1. The number of rotatable bonds is 1. The summed E-state index contributed by atoms with van der Waals surface area (Å²) in [5.41, 5.74) is 1.09. The van der Waals surface area contributed by atoms with Crippen molar-refractivity contribution >= 4 is 11.4 Å². The second kappa shape index (κ2) is 5.09. The maximum Gasteiger partial charge on any atom is 0.253 e. The fourth-order valence-electron chi connectivity index (χ4n) is 3.99. The monoisotopic (exact) mass is 299 g/mol. The zero-order chi connectivity index (χ0) is 15.2. The predicted molar refractivity (Wildman–Crippen MR) is 82.6 cm³/mol. The zero-order valence-corrected chi connectivity index (χ0v) is 12.6. The molecule has 3 heterocycles. The van der Waals surface area contributed by atoms with Crippen molar-refractivity contribution in [1.29, 1.82) is 0 Å². The summed E-state index contributed by atoms with van der Waals surface area (Å²) in [5, 5.41) is 10.7. The van der Waals surface area contributed by atoms with E-state index in [-0.39, 0.29) is 11.8 Å². The largest absolute Gasteiger partial charge is 0.389 e. The van der Waals surface area contributed by atoms with Crippen molar-refractivity contribution < 1.29 is 9.90 Å². The average Bonchev–Trinajstić information content (AvgIpc) is 3.00. The second-order valence-corrected chi connectivity index (χ2v) is 6.69. The average molecular weight is 299 g/mol. The van der Waals surface area contributed by atoms with Gasteiger partial charge in [-0.05, 0) is 31.4 Å². The molecule has 2 aromatic heterocycles. The number of hydrogen-bond donors (Lipinski definition) is 1. The Balaban J connectivity index is 1.55. The number of likely N-dealkylation sites (tertiary alicyclic amines) is 1. The Kier molecular flexibility index (Phi) is 3.18. The summed E-state index contributed by atoms with van der Waals surface area (Å²) in [5.74, 6) is 0.300. The molecule has 1 amide bonds. The fraction of sp³-hybridized carbons (Fsp3) is 0.529. The van der Waals surface area contributed by atoms with Crippen molar-refractivity contribution in [3.63, 3.8) is 0 Å². The van der Waals surface area contributed by atoms with Crippen LogP contribution in [-0.4, -0.2) is 44.0 Å². The molecule has 2 unspecified atom stereocenters. The molecule has 0 radical (unpaired) electrons. The van der Waals surface area contributed by atoms with E-state index in [0.29, 0.717) is 25.1 Å². The summed E-state index contributed by atoms with van der Waals surface area (Å²) in [6.45, 7) is 1.33. The smallest absolute Gasteiger partial charge is 0.253 e. The highest BCUT2D eigenvalue weighted by Crippen LogP contribution is 2.40. The number of imidazole rings is 1. The number of piperidine rings is 1. The molecule has 2 aliphatic rings. The highest BCUT2D eigenvalue weighted by Gasteiger charge is 2.43. The number of carbonyl (C=O) groups is 1. The van der Waals surface area contributed by atoms with Gasteiger partial charge in [0.1, 0.15) is 0 Å². The van der Waals surface area contributed by atoms with Gasteiger partial charge in [-0.25, -0.2) is 4.98 Å². The maximum atomic E-state index is 12.8. The molecule has 22 heavy (non-hydrogen) atoms. The first-order valence-corrected chi connectivity index (χ1v) is 8.09. The molecule has 0 bridgehead atoms. The van der Waals surface area contributed by atoms with Gasteiger partial charge in [0, 0.05) is 30.8 Å². The number of nitrogens with zero attached hydrogens (tertiary/aromatic N) is 3. The summed E-state index contributed by atoms with van der Waals surface area (Å²) in [6, 6.07) is 3.73. The Hall–Kier alpha value is -1.88. The summed E-state index contributed by atoms with van der Waals surface area (Å²) in [4.78, 5) is 18.8. The van der Waals surface area contributed by atoms with Gasteiger partial charge in [-0.15, -0.1) is 0 Å². The molecule has 1 aliphatic carbocycles. The summed E-state index contributed by atoms with van der Waals surface area (Å²) >= 11 is 0. The number of carbonyl (C=O) groups excluding carboxylic acids is 1. The molecular weight excluding hydrogens is 278 g/mol. The van der Waals surface area contributed by atoms with Gasteiger partial charge in [-0.1, -0.05) is 12.8 Å². The maximum absolute atomic E-state index is 12.8. The molecule has 1 saturated carbocycles. The van der Waals surface area contributed by atoms with Crippen molar-refractivity contribution in [2.24, 2.45) is 5.92 Å². The van der Waals surface area contributed by atoms with Crippen LogP contribution in [0.25, 0.3) is 5.52 Å². The lowest BCUT2D eigenvalue weighted by molar-refractivity contribution is -0.0886. The van der Waals surface area contributed by atoms with Gasteiger partial charge in [0.15, 0.2) is 0 Å². The summed E-state index contributed by atoms with van der Waals surface area (Å²) < 4.78 is 1.90. The first-order chi connectivity index (χ1) is 10.7. The molecule has 5 heteroatoms. The van der Waals surface area contributed by atoms with Crippen LogP contribution >= 0.6 is 0 Å². The SMILES string of the molecule is O=C(c1ccn2cncc2c1)N1CCC2(O)CCCCC2C1. The van der Waals surface area contributed by atoms with E-state index in [1.807, 2.05) is 27.6 Å². The molecule has 116 valence electrons. The fourth-order valence-corrected chi connectivity index (χ4v) is 3.99. The molecule has 0 spiro atoms. The third-order valence-electron chi connectivity index (χ3n) is 5.38. The van der Waals surface area contributed by atoms with Crippen molar-refractivity contribution in [2.75, 3.05) is 13.1 Å². The number of amides is 1. The van der Waals surface area contributed by atoms with E-state index in [4.69, 9.17) is 0 Å². The third kappa shape index (κ3) is 2.20. The molecule has 4 rings (SSSR count). The van der Waals surface area contributed by atoms with Crippen LogP contribution in [0.5, 0.6) is 0 Å². The Morgan fingerprint density at radius 2 is 2.27 bits per heavy atom. The minimum Gasteiger partial charge on any atom is -0.389 e. The topological polar surface area (TPSA) is 57.8 Å². The Labute approximate surface area is 129 Å². The highest BCUT2D eigenvalue weighted by molar-refractivity contribution is 5.95. The quantitative estimate of drug-likeness (QED) is 0.877. The van der Waals surface area contributed by atoms with Crippen LogP contribution in [0.2, 0.25) is 0 Å². The third-order valence-corrected chi connectivity index (χ3v) is 5.38. The molecule has 5 nitrogen and oxygen atoms in total. The van der Waals surface area contributed by atoms with Gasteiger partial charge in [0.2, 0.25) is 0 Å². The summed E-state index contributed by atoms with van der Waals surface area (Å²) in [6.07, 6.45) is 10.3. The van der Waals surface area contributed by atoms with Crippen molar-refractivity contribution in [1.82, 2.24) is 14.3 Å². The Bertz CT molecular complexity index is 711. The van der Waals surface area contributed by atoms with Crippen LogP contribution in [0.3, 0.4) is 0 Å². The number of aromatic nitrogens is 2. The van der Waals surface area contributed by atoms with Gasteiger partial charge in [0.05, 0.1) is 23.6 Å². The summed E-state index contributed by atoms with van der Waals surface area (Å²) in [7, 11) is 0. The van der Waals surface area contributed by atoms with Gasteiger partial charge in [0.25, 0.3) is 5.91 Å². The van der Waals surface area contributed by atoms with Crippen LogP contribution in [0.4, 0.5) is 0 Å². The number of aliphatic hydroxyl groups is 1.